The molecule has 1 aliphatic heterocycles. The van der Waals surface area contributed by atoms with E-state index in [2.05, 4.69) is 37.2 Å². The number of hydrogen-bond donors (Lipinski definition) is 1. The maximum Gasteiger partial charge on any atom is 0.261 e. The summed E-state index contributed by atoms with van der Waals surface area (Å²) in [5.41, 5.74) is 0. The van der Waals surface area contributed by atoms with Gasteiger partial charge in [-0.1, -0.05) is 6.42 Å². The topological polar surface area (TPSA) is 49.4 Å². The van der Waals surface area contributed by atoms with Crippen LogP contribution < -0.4 is 5.32 Å². The fraction of sp³-hybridized carbons (Fsp3) is 0.571. The number of thiophene rings is 1. The largest absolute Gasteiger partial charge is 0.351 e. The summed E-state index contributed by atoms with van der Waals surface area (Å²) in [6.07, 6.45) is 4.71. The van der Waals surface area contributed by atoms with Crippen molar-refractivity contribution in [1.29, 1.82) is 0 Å². The lowest BCUT2D eigenvalue weighted by molar-refractivity contribution is -0.130. The van der Waals surface area contributed by atoms with Crippen molar-refractivity contribution < 1.29 is 9.59 Å². The first-order chi connectivity index (χ1) is 10.1. The van der Waals surface area contributed by atoms with Crippen LogP contribution in [0.5, 0.6) is 0 Å². The molecule has 0 atom stereocenters. The van der Waals surface area contributed by atoms with Gasteiger partial charge >= 0.3 is 0 Å². The average molecular weight is 438 g/mol. The number of rotatable bonds is 5. The van der Waals surface area contributed by atoms with Crippen LogP contribution in [0.4, 0.5) is 0 Å². The zero-order chi connectivity index (χ0) is 15.2. The molecule has 1 aliphatic rings. The van der Waals surface area contributed by atoms with E-state index in [0.29, 0.717) is 17.8 Å². The molecule has 1 saturated heterocycles. The summed E-state index contributed by atoms with van der Waals surface area (Å²) in [6.45, 7) is 2.18. The number of nitrogens with zero attached hydrogens (tertiary/aromatic N) is 1. The van der Waals surface area contributed by atoms with Gasteiger partial charge < -0.3 is 10.2 Å². The zero-order valence-corrected chi connectivity index (χ0v) is 15.7. The highest BCUT2D eigenvalue weighted by Gasteiger charge is 2.16. The maximum absolute atomic E-state index is 12.0. The van der Waals surface area contributed by atoms with Gasteiger partial charge in [0.2, 0.25) is 5.91 Å². The molecule has 0 aromatic carbocycles. The van der Waals surface area contributed by atoms with E-state index >= 15 is 0 Å². The van der Waals surface area contributed by atoms with E-state index in [9.17, 15) is 9.59 Å². The number of nitrogens with one attached hydrogen (secondary N) is 1. The molecule has 1 aromatic rings. The Morgan fingerprint density at radius 3 is 2.86 bits per heavy atom. The molecule has 0 spiro atoms. The number of halogens is 2. The van der Waals surface area contributed by atoms with Crippen LogP contribution in [0, 0.1) is 0 Å². The molecule has 0 saturated carbocycles. The first kappa shape index (κ1) is 17.0. The third-order valence-corrected chi connectivity index (χ3v) is 6.69. The molecule has 2 heterocycles. The van der Waals surface area contributed by atoms with Crippen molar-refractivity contribution >= 4 is 55.0 Å². The quantitative estimate of drug-likeness (QED) is 0.712. The van der Waals surface area contributed by atoms with Gasteiger partial charge in [-0.3, -0.25) is 9.59 Å². The summed E-state index contributed by atoms with van der Waals surface area (Å²) in [7, 11) is 0. The highest BCUT2D eigenvalue weighted by Crippen LogP contribution is 2.32. The van der Waals surface area contributed by atoms with Crippen LogP contribution in [0.1, 0.15) is 41.8 Å². The molecule has 0 unspecified atom stereocenters. The first-order valence-corrected chi connectivity index (χ1v) is 9.49. The van der Waals surface area contributed by atoms with Crippen LogP contribution in [-0.2, 0) is 4.79 Å². The molecule has 116 valence electrons. The van der Waals surface area contributed by atoms with Crippen molar-refractivity contribution in [3.8, 4) is 0 Å². The van der Waals surface area contributed by atoms with Gasteiger partial charge in [0.1, 0.15) is 0 Å². The number of carbonyl (C=O) groups is 2. The van der Waals surface area contributed by atoms with Gasteiger partial charge in [-0.15, -0.1) is 11.3 Å². The van der Waals surface area contributed by atoms with E-state index in [1.807, 2.05) is 11.0 Å². The molecule has 2 rings (SSSR count). The average Bonchev–Trinajstić information content (AvgIpc) is 2.67. The predicted octanol–water partition coefficient (Wildman–Crippen LogP) is 3.80. The van der Waals surface area contributed by atoms with Gasteiger partial charge in [0.15, 0.2) is 0 Å². The fourth-order valence-corrected chi connectivity index (χ4v) is 4.24. The van der Waals surface area contributed by atoms with Gasteiger partial charge in [-0.05, 0) is 57.2 Å². The second-order valence-electron chi connectivity index (χ2n) is 5.03. The molecular weight excluding hydrogens is 420 g/mol. The van der Waals surface area contributed by atoms with Gasteiger partial charge in [0.25, 0.3) is 5.91 Å². The minimum atomic E-state index is -0.0615. The molecule has 0 aliphatic carbocycles. The molecule has 0 radical (unpaired) electrons. The van der Waals surface area contributed by atoms with Gasteiger partial charge in [-0.25, -0.2) is 0 Å². The van der Waals surface area contributed by atoms with Crippen molar-refractivity contribution in [3.63, 3.8) is 0 Å². The van der Waals surface area contributed by atoms with Crippen LogP contribution >= 0.6 is 43.2 Å². The summed E-state index contributed by atoms with van der Waals surface area (Å²) in [5, 5.41) is 2.90. The third-order valence-electron chi connectivity index (χ3n) is 3.43. The fourth-order valence-electron chi connectivity index (χ4n) is 2.29. The van der Waals surface area contributed by atoms with Crippen molar-refractivity contribution in [2.75, 3.05) is 19.6 Å². The van der Waals surface area contributed by atoms with E-state index < -0.39 is 0 Å². The van der Waals surface area contributed by atoms with Crippen molar-refractivity contribution in [2.24, 2.45) is 0 Å². The number of amides is 2. The molecule has 1 fully saturated rings. The first-order valence-electron chi connectivity index (χ1n) is 7.08. The minimum absolute atomic E-state index is 0.0615. The van der Waals surface area contributed by atoms with E-state index in [1.54, 1.807) is 0 Å². The standard InChI is InChI=1S/C14H18Br2N2O2S/c15-10-9-11(21-13(10)16)14(20)17-6-4-8-18-7-3-1-2-5-12(18)19/h9H,1-8H2,(H,17,20). The summed E-state index contributed by atoms with van der Waals surface area (Å²) in [5.74, 6) is 0.193. The number of carbonyl (C=O) groups excluding carboxylic acids is 2. The summed E-state index contributed by atoms with van der Waals surface area (Å²) in [4.78, 5) is 26.4. The Hall–Kier alpha value is -0.400. The Bertz CT molecular complexity index is 500. The third kappa shape index (κ3) is 5.07. The molecule has 7 heteroatoms. The van der Waals surface area contributed by atoms with Crippen LogP contribution in [0.15, 0.2) is 14.3 Å². The molecule has 21 heavy (non-hydrogen) atoms. The van der Waals surface area contributed by atoms with Gasteiger partial charge in [0.05, 0.1) is 8.66 Å². The minimum Gasteiger partial charge on any atom is -0.351 e. The molecule has 1 aromatic heterocycles. The second-order valence-corrected chi connectivity index (χ2v) is 8.26. The second kappa shape index (κ2) is 8.29. The Balaban J connectivity index is 1.71. The van der Waals surface area contributed by atoms with Crippen molar-refractivity contribution in [2.45, 2.75) is 32.1 Å². The van der Waals surface area contributed by atoms with E-state index in [0.717, 1.165) is 47.0 Å². The lowest BCUT2D eigenvalue weighted by Gasteiger charge is -2.20. The zero-order valence-electron chi connectivity index (χ0n) is 11.7. The maximum atomic E-state index is 12.0. The van der Waals surface area contributed by atoms with Crippen molar-refractivity contribution in [3.05, 3.63) is 19.2 Å². The Kier molecular flexibility index (Phi) is 6.70. The van der Waals surface area contributed by atoms with Crippen LogP contribution in [-0.4, -0.2) is 36.3 Å². The summed E-state index contributed by atoms with van der Waals surface area (Å²) >= 11 is 8.16. The molecule has 2 amide bonds. The highest BCUT2D eigenvalue weighted by atomic mass is 79.9. The molecule has 1 N–H and O–H groups in total. The Morgan fingerprint density at radius 2 is 2.14 bits per heavy atom. The molecular formula is C14H18Br2N2O2S. The van der Waals surface area contributed by atoms with E-state index in [4.69, 9.17) is 0 Å². The van der Waals surface area contributed by atoms with Crippen LogP contribution in [0.25, 0.3) is 0 Å². The van der Waals surface area contributed by atoms with Gasteiger partial charge in [0, 0.05) is 30.5 Å². The normalized spacial score (nSPS) is 15.9. The summed E-state index contributed by atoms with van der Waals surface area (Å²) < 4.78 is 1.82. The Labute approximate surface area is 145 Å². The predicted molar refractivity (Wildman–Crippen MR) is 91.7 cm³/mol. The lowest BCUT2D eigenvalue weighted by Crippen LogP contribution is -2.33. The monoisotopic (exact) mass is 436 g/mol. The van der Waals surface area contributed by atoms with Crippen LogP contribution in [0.2, 0.25) is 0 Å². The van der Waals surface area contributed by atoms with Gasteiger partial charge in [-0.2, -0.15) is 0 Å². The number of likely N-dealkylation sites (tertiary alicyclic amines) is 1. The van der Waals surface area contributed by atoms with Crippen LogP contribution in [0.3, 0.4) is 0 Å². The Morgan fingerprint density at radius 1 is 1.33 bits per heavy atom. The lowest BCUT2D eigenvalue weighted by atomic mass is 10.2. The number of hydrogen-bond acceptors (Lipinski definition) is 3. The van der Waals surface area contributed by atoms with E-state index in [1.165, 1.54) is 11.3 Å². The highest BCUT2D eigenvalue weighted by molar-refractivity contribution is 9.13. The summed E-state index contributed by atoms with van der Waals surface area (Å²) in [6, 6.07) is 1.81. The smallest absolute Gasteiger partial charge is 0.261 e. The van der Waals surface area contributed by atoms with E-state index in [-0.39, 0.29) is 11.8 Å². The van der Waals surface area contributed by atoms with Crippen molar-refractivity contribution in [1.82, 2.24) is 10.2 Å². The SMILES string of the molecule is O=C(NCCCN1CCCCCC1=O)c1cc(Br)c(Br)s1. The molecule has 0 bridgehead atoms. The molecule has 4 nitrogen and oxygen atoms in total.